The van der Waals surface area contributed by atoms with Gasteiger partial charge in [0.15, 0.2) is 11.5 Å². The Labute approximate surface area is 175 Å². The van der Waals surface area contributed by atoms with E-state index in [1.807, 2.05) is 0 Å². The molecule has 2 heterocycles. The predicted molar refractivity (Wildman–Crippen MR) is 111 cm³/mol. The molecule has 1 fully saturated rings. The molecule has 0 radical (unpaired) electrons. The van der Waals surface area contributed by atoms with Gasteiger partial charge in [0.1, 0.15) is 0 Å². The molecule has 1 atom stereocenters. The number of imide groups is 1. The average Bonchev–Trinajstić information content (AvgIpc) is 3.06. The highest BCUT2D eigenvalue weighted by molar-refractivity contribution is 9.10. The van der Waals surface area contributed by atoms with E-state index in [0.29, 0.717) is 34.1 Å². The molecule has 1 unspecified atom stereocenters. The Morgan fingerprint density at radius 3 is 2.79 bits per heavy atom. The number of aliphatic imine (C=N–C) groups is 1. The van der Waals surface area contributed by atoms with Gasteiger partial charge in [-0.2, -0.15) is 5.43 Å². The number of methoxy groups -OCH3 is 1. The van der Waals surface area contributed by atoms with Crippen molar-refractivity contribution in [3.8, 4) is 11.5 Å². The monoisotopic (exact) mass is 463 g/mol. The fourth-order valence-electron chi connectivity index (χ4n) is 3.01. The van der Waals surface area contributed by atoms with Crippen molar-refractivity contribution in [2.45, 2.75) is 6.04 Å². The molecule has 1 saturated heterocycles. The number of amides is 3. The third kappa shape index (κ3) is 3.60. The number of urea groups is 1. The molecule has 2 N–H and O–H groups in total. The van der Waals surface area contributed by atoms with Gasteiger partial charge >= 0.3 is 12.0 Å². The number of halogens is 1. The van der Waals surface area contributed by atoms with Gasteiger partial charge in [0.05, 0.1) is 24.3 Å². The molecule has 3 rings (SSSR count). The van der Waals surface area contributed by atoms with Crippen LogP contribution in [0.4, 0.5) is 4.79 Å². The Bertz CT molecular complexity index is 987. The molecule has 1 aromatic carbocycles. The van der Waals surface area contributed by atoms with Crippen LogP contribution in [-0.2, 0) is 4.79 Å². The van der Waals surface area contributed by atoms with E-state index in [-0.39, 0.29) is 11.7 Å². The molecule has 2 aliphatic heterocycles. The van der Waals surface area contributed by atoms with Gasteiger partial charge in [0.2, 0.25) is 11.9 Å². The molecule has 0 aliphatic carbocycles. The van der Waals surface area contributed by atoms with Crippen molar-refractivity contribution in [3.63, 3.8) is 0 Å². The van der Waals surface area contributed by atoms with Crippen LogP contribution < -0.4 is 10.2 Å². The summed E-state index contributed by atoms with van der Waals surface area (Å²) in [7, 11) is 4.45. The van der Waals surface area contributed by atoms with Gasteiger partial charge in [0, 0.05) is 19.7 Å². The maximum atomic E-state index is 12.6. The van der Waals surface area contributed by atoms with Crippen LogP contribution in [0.5, 0.6) is 11.5 Å². The normalized spacial score (nSPS) is 19.0. The van der Waals surface area contributed by atoms with Crippen molar-refractivity contribution in [3.05, 3.63) is 34.8 Å². The van der Waals surface area contributed by atoms with E-state index >= 15 is 0 Å². The van der Waals surface area contributed by atoms with Crippen LogP contribution in [-0.4, -0.2) is 83.2 Å². The zero-order chi connectivity index (χ0) is 21.3. The molecule has 29 heavy (non-hydrogen) atoms. The minimum atomic E-state index is -0.735. The van der Waals surface area contributed by atoms with E-state index in [1.54, 1.807) is 29.8 Å². The van der Waals surface area contributed by atoms with Gasteiger partial charge in [-0.15, -0.1) is 5.10 Å². The smallest absolute Gasteiger partial charge is 0.414 e. The van der Waals surface area contributed by atoms with E-state index in [0.717, 1.165) is 4.90 Å². The first kappa shape index (κ1) is 20.5. The largest absolute Gasteiger partial charge is 0.503 e. The number of likely N-dealkylation sites (N-methyl/N-ethyl adjacent to an activating group) is 2. The Kier molecular flexibility index (Phi) is 5.69. The molecule has 10 nitrogen and oxygen atoms in total. The molecule has 0 aromatic heterocycles. The number of amidine groups is 1. The number of guanidine groups is 1. The number of carbonyl (C=O) groups excluding carboxylic acids is 2. The fourth-order valence-corrected chi connectivity index (χ4v) is 3.47. The van der Waals surface area contributed by atoms with E-state index in [4.69, 9.17) is 4.74 Å². The number of fused-ring (bicyclic) bond motifs is 1. The van der Waals surface area contributed by atoms with Crippen molar-refractivity contribution in [2.24, 2.45) is 10.1 Å². The van der Waals surface area contributed by atoms with Gasteiger partial charge in [-0.1, -0.05) is 17.6 Å². The second-order valence-corrected chi connectivity index (χ2v) is 7.15. The summed E-state index contributed by atoms with van der Waals surface area (Å²) in [5, 5.41) is 14.1. The molecule has 3 amide bonds. The molecular formula is C18H20BrN6O4+. The number of nitrogens with zero attached hydrogens (tertiary/aromatic N) is 5. The minimum absolute atomic E-state index is 0.00857. The van der Waals surface area contributed by atoms with Gasteiger partial charge in [0.25, 0.3) is 5.91 Å². The first-order valence-electron chi connectivity index (χ1n) is 8.54. The number of phenolic OH excluding ortho intramolecular Hbond substituents is 1. The predicted octanol–water partition coefficient (Wildman–Crippen LogP) is 0.946. The topological polar surface area (TPSA) is 110 Å². The number of hydrogen-bond acceptors (Lipinski definition) is 7. The number of carbonyl (C=O) groups is 2. The Morgan fingerprint density at radius 1 is 1.41 bits per heavy atom. The number of rotatable bonds is 5. The molecule has 0 saturated carbocycles. The van der Waals surface area contributed by atoms with Gasteiger partial charge in [-0.3, -0.25) is 14.6 Å². The summed E-state index contributed by atoms with van der Waals surface area (Å²) >= 11 is 3.25. The first-order chi connectivity index (χ1) is 13.8. The summed E-state index contributed by atoms with van der Waals surface area (Å²) in [5.74, 6) is 0.552. The Morgan fingerprint density at radius 2 is 2.14 bits per heavy atom. The van der Waals surface area contributed by atoms with Crippen LogP contribution in [0, 0.1) is 0 Å². The first-order valence-corrected chi connectivity index (χ1v) is 9.33. The van der Waals surface area contributed by atoms with Crippen molar-refractivity contribution in [1.29, 1.82) is 0 Å². The van der Waals surface area contributed by atoms with E-state index in [2.05, 4.69) is 38.0 Å². The summed E-state index contributed by atoms with van der Waals surface area (Å²) in [6.07, 6.45) is 3.15. The molecule has 2 aliphatic rings. The van der Waals surface area contributed by atoms with E-state index in [9.17, 15) is 14.7 Å². The lowest BCUT2D eigenvalue weighted by atomic mass is 10.1. The number of benzene rings is 1. The molecule has 152 valence electrons. The Hall–Kier alpha value is -3.21. The van der Waals surface area contributed by atoms with Crippen LogP contribution in [0.2, 0.25) is 0 Å². The Balaban J connectivity index is 1.90. The highest BCUT2D eigenvalue weighted by Crippen LogP contribution is 2.34. The molecular weight excluding hydrogens is 444 g/mol. The van der Waals surface area contributed by atoms with Gasteiger partial charge in [-0.05, 0) is 28.1 Å². The SMILES string of the molecule is C=CC[N+]1=C(N/N=C/c2cc(Br)c(O)c(OC)c2)N=C2C1C(=O)N(C)C(=O)N2C. The highest BCUT2D eigenvalue weighted by atomic mass is 79.9. The second-order valence-electron chi connectivity index (χ2n) is 6.30. The van der Waals surface area contributed by atoms with Crippen LogP contribution in [0.25, 0.3) is 0 Å². The third-order valence-electron chi connectivity index (χ3n) is 4.51. The second kappa shape index (κ2) is 8.03. The third-order valence-corrected chi connectivity index (χ3v) is 5.11. The van der Waals surface area contributed by atoms with E-state index < -0.39 is 12.1 Å². The van der Waals surface area contributed by atoms with Crippen molar-refractivity contribution in [1.82, 2.24) is 15.2 Å². The van der Waals surface area contributed by atoms with Crippen LogP contribution >= 0.6 is 15.9 Å². The lowest BCUT2D eigenvalue weighted by Crippen LogP contribution is -2.61. The lowest BCUT2D eigenvalue weighted by Gasteiger charge is -2.31. The zero-order valence-corrected chi connectivity index (χ0v) is 17.7. The maximum Gasteiger partial charge on any atom is 0.414 e. The molecule has 0 spiro atoms. The molecule has 1 aromatic rings. The average molecular weight is 464 g/mol. The number of hydrazone groups is 1. The molecule has 11 heteroatoms. The van der Waals surface area contributed by atoms with E-state index in [1.165, 1.54) is 25.3 Å². The number of aromatic hydroxyl groups is 1. The molecule has 0 bridgehead atoms. The highest BCUT2D eigenvalue weighted by Gasteiger charge is 2.51. The van der Waals surface area contributed by atoms with Crippen molar-refractivity contribution in [2.75, 3.05) is 27.7 Å². The summed E-state index contributed by atoms with van der Waals surface area (Å²) in [6.45, 7) is 4.05. The lowest BCUT2D eigenvalue weighted by molar-refractivity contribution is -0.527. The standard InChI is InChI=1S/C18H19BrN6O4/c1-5-6-25-13-15(23(2)18(28)24(3)16(13)27)21-17(25)22-20-9-10-7-11(19)14(26)12(8-10)29-4/h5,7-9,13H,1,6H2,2-4H3,(H,20,26)/p+1. The van der Waals surface area contributed by atoms with Crippen LogP contribution in [0.3, 0.4) is 0 Å². The fraction of sp³-hybridized carbons (Fsp3) is 0.278. The van der Waals surface area contributed by atoms with Crippen molar-refractivity contribution >= 4 is 45.9 Å². The summed E-state index contributed by atoms with van der Waals surface area (Å²) in [5.41, 5.74) is 3.47. The van der Waals surface area contributed by atoms with Crippen molar-refractivity contribution < 1.29 is 24.0 Å². The minimum Gasteiger partial charge on any atom is -0.503 e. The summed E-state index contributed by atoms with van der Waals surface area (Å²) in [6, 6.07) is 2.10. The number of nitrogens with one attached hydrogen (secondary N) is 1. The van der Waals surface area contributed by atoms with Gasteiger partial charge < -0.3 is 9.84 Å². The summed E-state index contributed by atoms with van der Waals surface area (Å²) < 4.78 is 7.25. The number of phenols is 1. The zero-order valence-electron chi connectivity index (χ0n) is 16.1. The number of ether oxygens (including phenoxy) is 1. The van der Waals surface area contributed by atoms with Gasteiger partial charge in [-0.25, -0.2) is 9.37 Å². The maximum absolute atomic E-state index is 12.6. The van der Waals surface area contributed by atoms with Crippen LogP contribution in [0.15, 0.2) is 39.4 Å². The summed E-state index contributed by atoms with van der Waals surface area (Å²) in [4.78, 5) is 31.6. The van der Waals surface area contributed by atoms with Crippen LogP contribution in [0.1, 0.15) is 5.56 Å². The quantitative estimate of drug-likeness (QED) is 0.292. The number of hydrogen-bond donors (Lipinski definition) is 2.